The predicted octanol–water partition coefficient (Wildman–Crippen LogP) is 3.28. The number of benzene rings is 1. The lowest BCUT2D eigenvalue weighted by atomic mass is 10.1. The van der Waals surface area contributed by atoms with Crippen molar-refractivity contribution < 1.29 is 14.3 Å². The summed E-state index contributed by atoms with van der Waals surface area (Å²) >= 11 is 0. The molecule has 1 fully saturated rings. The molecule has 1 atom stereocenters. The SMILES string of the molecule is CCCCNC(=O)c1ccc(CN=C(NCC)N2CCC(NC(=O)OC(C)(C)C)C2)cc1. The van der Waals surface area contributed by atoms with Crippen molar-refractivity contribution in [1.82, 2.24) is 20.9 Å². The lowest BCUT2D eigenvalue weighted by Gasteiger charge is -2.23. The second-order valence-electron chi connectivity index (χ2n) is 9.05. The van der Waals surface area contributed by atoms with Crippen LogP contribution in [0.25, 0.3) is 0 Å². The number of alkyl carbamates (subject to hydrolysis) is 1. The van der Waals surface area contributed by atoms with E-state index in [1.165, 1.54) is 0 Å². The molecule has 3 N–H and O–H groups in total. The lowest BCUT2D eigenvalue weighted by molar-refractivity contribution is 0.0507. The molecule has 0 aromatic heterocycles. The van der Waals surface area contributed by atoms with Crippen molar-refractivity contribution in [2.45, 2.75) is 72.1 Å². The Morgan fingerprint density at radius 2 is 1.88 bits per heavy atom. The van der Waals surface area contributed by atoms with E-state index in [9.17, 15) is 9.59 Å². The number of likely N-dealkylation sites (tertiary alicyclic amines) is 1. The van der Waals surface area contributed by atoms with E-state index in [2.05, 4.69) is 27.8 Å². The first kappa shape index (κ1) is 25.5. The number of carbonyl (C=O) groups excluding carboxylic acids is 2. The average Bonchev–Trinajstić information content (AvgIpc) is 3.18. The summed E-state index contributed by atoms with van der Waals surface area (Å²) in [4.78, 5) is 31.1. The van der Waals surface area contributed by atoms with E-state index in [0.717, 1.165) is 43.9 Å². The highest BCUT2D eigenvalue weighted by atomic mass is 16.6. The van der Waals surface area contributed by atoms with Gasteiger partial charge < -0.3 is 25.6 Å². The summed E-state index contributed by atoms with van der Waals surface area (Å²) in [6.45, 7) is 13.2. The van der Waals surface area contributed by atoms with Crippen LogP contribution in [0.3, 0.4) is 0 Å². The smallest absolute Gasteiger partial charge is 0.407 e. The van der Waals surface area contributed by atoms with Crippen LogP contribution in [0, 0.1) is 0 Å². The van der Waals surface area contributed by atoms with Crippen LogP contribution in [-0.2, 0) is 11.3 Å². The average molecular weight is 446 g/mol. The lowest BCUT2D eigenvalue weighted by Crippen LogP contribution is -2.44. The summed E-state index contributed by atoms with van der Waals surface area (Å²) in [6, 6.07) is 7.60. The quantitative estimate of drug-likeness (QED) is 0.324. The van der Waals surface area contributed by atoms with E-state index in [1.54, 1.807) is 0 Å². The van der Waals surface area contributed by atoms with E-state index >= 15 is 0 Å². The maximum Gasteiger partial charge on any atom is 0.407 e. The second-order valence-corrected chi connectivity index (χ2v) is 9.05. The molecule has 1 unspecified atom stereocenters. The number of aliphatic imine (C=N–C) groups is 1. The minimum atomic E-state index is -0.509. The van der Waals surface area contributed by atoms with Crippen molar-refractivity contribution in [3.05, 3.63) is 35.4 Å². The third-order valence-electron chi connectivity index (χ3n) is 4.99. The Balaban J connectivity index is 1.91. The molecule has 178 valence electrons. The van der Waals surface area contributed by atoms with Crippen LogP contribution in [0.1, 0.15) is 69.8 Å². The first-order valence-corrected chi connectivity index (χ1v) is 11.6. The van der Waals surface area contributed by atoms with E-state index in [4.69, 9.17) is 9.73 Å². The summed E-state index contributed by atoms with van der Waals surface area (Å²) in [5.74, 6) is 0.782. The van der Waals surface area contributed by atoms with Crippen LogP contribution >= 0.6 is 0 Å². The Morgan fingerprint density at radius 1 is 1.16 bits per heavy atom. The number of nitrogens with zero attached hydrogens (tertiary/aromatic N) is 2. The Labute approximate surface area is 192 Å². The minimum absolute atomic E-state index is 0.0270. The van der Waals surface area contributed by atoms with Gasteiger partial charge in [0.05, 0.1) is 12.6 Å². The fourth-order valence-electron chi connectivity index (χ4n) is 3.38. The maximum atomic E-state index is 12.1. The zero-order valence-electron chi connectivity index (χ0n) is 20.2. The van der Waals surface area contributed by atoms with Gasteiger partial charge in [-0.15, -0.1) is 0 Å². The number of ether oxygens (including phenoxy) is 1. The summed E-state index contributed by atoms with van der Waals surface area (Å²) in [5.41, 5.74) is 1.19. The molecular weight excluding hydrogens is 406 g/mol. The molecule has 0 spiro atoms. The largest absolute Gasteiger partial charge is 0.444 e. The number of carbonyl (C=O) groups is 2. The van der Waals surface area contributed by atoms with E-state index in [-0.39, 0.29) is 18.0 Å². The van der Waals surface area contributed by atoms with Crippen LogP contribution in [0.2, 0.25) is 0 Å². The molecule has 1 aliphatic heterocycles. The molecule has 8 nitrogen and oxygen atoms in total. The summed E-state index contributed by atoms with van der Waals surface area (Å²) in [7, 11) is 0. The number of hydrogen-bond donors (Lipinski definition) is 3. The number of rotatable bonds is 8. The number of amides is 2. The fraction of sp³-hybridized carbons (Fsp3) is 0.625. The van der Waals surface area contributed by atoms with Gasteiger partial charge in [0.1, 0.15) is 5.60 Å². The molecule has 1 aliphatic rings. The highest BCUT2D eigenvalue weighted by Gasteiger charge is 2.27. The first-order valence-electron chi connectivity index (χ1n) is 11.6. The van der Waals surface area contributed by atoms with Crippen molar-refractivity contribution in [1.29, 1.82) is 0 Å². The molecule has 0 saturated carbocycles. The van der Waals surface area contributed by atoms with Gasteiger partial charge >= 0.3 is 6.09 Å². The van der Waals surface area contributed by atoms with E-state index in [0.29, 0.717) is 25.2 Å². The molecule has 0 radical (unpaired) electrons. The van der Waals surface area contributed by atoms with Crippen LogP contribution in [0.5, 0.6) is 0 Å². The second kappa shape index (κ2) is 12.3. The minimum Gasteiger partial charge on any atom is -0.444 e. The van der Waals surface area contributed by atoms with Gasteiger partial charge in [-0.3, -0.25) is 4.79 Å². The molecule has 2 amide bonds. The number of hydrogen-bond acceptors (Lipinski definition) is 4. The van der Waals surface area contributed by atoms with Crippen LogP contribution < -0.4 is 16.0 Å². The molecule has 1 heterocycles. The van der Waals surface area contributed by atoms with Crippen LogP contribution in [0.4, 0.5) is 4.79 Å². The predicted molar refractivity (Wildman–Crippen MR) is 128 cm³/mol. The van der Waals surface area contributed by atoms with Gasteiger partial charge in [-0.25, -0.2) is 9.79 Å². The fourth-order valence-corrected chi connectivity index (χ4v) is 3.38. The monoisotopic (exact) mass is 445 g/mol. The van der Waals surface area contributed by atoms with Gasteiger partial charge in [-0.05, 0) is 58.2 Å². The zero-order chi connectivity index (χ0) is 23.6. The Morgan fingerprint density at radius 3 is 2.50 bits per heavy atom. The van der Waals surface area contributed by atoms with Crippen molar-refractivity contribution in [3.63, 3.8) is 0 Å². The van der Waals surface area contributed by atoms with Gasteiger partial charge in [0, 0.05) is 31.7 Å². The summed E-state index contributed by atoms with van der Waals surface area (Å²) in [6.07, 6.45) is 2.49. The highest BCUT2D eigenvalue weighted by Crippen LogP contribution is 2.13. The van der Waals surface area contributed by atoms with Gasteiger partial charge in [-0.2, -0.15) is 0 Å². The molecule has 0 aliphatic carbocycles. The maximum absolute atomic E-state index is 12.1. The van der Waals surface area contributed by atoms with Crippen molar-refractivity contribution in [2.24, 2.45) is 4.99 Å². The van der Waals surface area contributed by atoms with Crippen LogP contribution in [0.15, 0.2) is 29.3 Å². The normalized spacial score (nSPS) is 16.6. The Bertz CT molecular complexity index is 771. The van der Waals surface area contributed by atoms with Crippen molar-refractivity contribution in [2.75, 3.05) is 26.2 Å². The number of nitrogens with one attached hydrogen (secondary N) is 3. The zero-order valence-corrected chi connectivity index (χ0v) is 20.2. The Kier molecular flexibility index (Phi) is 9.81. The number of guanidine groups is 1. The summed E-state index contributed by atoms with van der Waals surface area (Å²) < 4.78 is 5.36. The van der Waals surface area contributed by atoms with Gasteiger partial charge in [-0.1, -0.05) is 25.5 Å². The molecule has 1 saturated heterocycles. The Hall–Kier alpha value is -2.77. The van der Waals surface area contributed by atoms with E-state index in [1.807, 2.05) is 52.0 Å². The molecule has 32 heavy (non-hydrogen) atoms. The highest BCUT2D eigenvalue weighted by molar-refractivity contribution is 5.94. The van der Waals surface area contributed by atoms with Gasteiger partial charge in [0.2, 0.25) is 0 Å². The number of unbranched alkanes of at least 4 members (excludes halogenated alkanes) is 1. The topological polar surface area (TPSA) is 95.1 Å². The van der Waals surface area contributed by atoms with Crippen molar-refractivity contribution >= 4 is 18.0 Å². The van der Waals surface area contributed by atoms with Crippen molar-refractivity contribution in [3.8, 4) is 0 Å². The molecule has 2 rings (SSSR count). The van der Waals surface area contributed by atoms with Gasteiger partial charge in [0.15, 0.2) is 5.96 Å². The van der Waals surface area contributed by atoms with Gasteiger partial charge in [0.25, 0.3) is 5.91 Å². The molecule has 8 heteroatoms. The standard InChI is InChI=1S/C24H39N5O3/c1-6-8-14-26-21(30)19-11-9-18(10-12-19)16-27-22(25-7-2)29-15-13-20(17-29)28-23(31)32-24(3,4)5/h9-12,20H,6-8,13-17H2,1-5H3,(H,25,27)(H,26,30)(H,28,31). The first-order chi connectivity index (χ1) is 15.2. The van der Waals surface area contributed by atoms with Crippen LogP contribution in [-0.4, -0.2) is 60.7 Å². The van der Waals surface area contributed by atoms with E-state index < -0.39 is 5.60 Å². The third kappa shape index (κ3) is 8.77. The molecular formula is C24H39N5O3. The molecule has 0 bridgehead atoms. The molecule has 1 aromatic rings. The molecule has 1 aromatic carbocycles. The third-order valence-corrected chi connectivity index (χ3v) is 4.99. The summed E-state index contributed by atoms with van der Waals surface area (Å²) in [5, 5.41) is 9.21.